The lowest BCUT2D eigenvalue weighted by atomic mass is 9.93. The molecule has 1 heterocycles. The second-order valence-electron chi connectivity index (χ2n) is 6.36. The molecule has 1 saturated heterocycles. The molecule has 1 aromatic rings. The topological polar surface area (TPSA) is 44.4 Å². The number of hydrogen-bond acceptors (Lipinski definition) is 2. The number of hydrogen-bond donors (Lipinski definition) is 2. The Morgan fingerprint density at radius 3 is 2.76 bits per heavy atom. The second kappa shape index (κ2) is 6.02. The molecule has 2 rings (SSSR count). The van der Waals surface area contributed by atoms with Crippen LogP contribution < -0.4 is 10.6 Å². The zero-order chi connectivity index (χ0) is 15.6. The smallest absolute Gasteiger partial charge is 0.243 e. The molecule has 21 heavy (non-hydrogen) atoms. The maximum atomic E-state index is 12.2. The molecule has 114 valence electrons. The Kier molecular flexibility index (Phi) is 4.52. The number of para-hydroxylation sites is 1. The highest BCUT2D eigenvalue weighted by atomic mass is 32.1. The highest BCUT2D eigenvalue weighted by molar-refractivity contribution is 7.80. The minimum Gasteiger partial charge on any atom is -0.358 e. The van der Waals surface area contributed by atoms with Crippen molar-refractivity contribution in [2.45, 2.75) is 45.7 Å². The Labute approximate surface area is 131 Å². The fourth-order valence-corrected chi connectivity index (χ4v) is 3.27. The van der Waals surface area contributed by atoms with Crippen molar-refractivity contribution in [1.82, 2.24) is 10.2 Å². The van der Waals surface area contributed by atoms with Gasteiger partial charge in [0.25, 0.3) is 0 Å². The first-order valence-electron chi connectivity index (χ1n) is 7.23. The highest BCUT2D eigenvalue weighted by Crippen LogP contribution is 2.22. The van der Waals surface area contributed by atoms with Crippen LogP contribution in [-0.2, 0) is 4.79 Å². The third-order valence-electron chi connectivity index (χ3n) is 3.78. The fraction of sp³-hybridized carbons (Fsp3) is 0.500. The number of aryl methyl sites for hydroxylation is 1. The summed E-state index contributed by atoms with van der Waals surface area (Å²) in [7, 11) is 0. The van der Waals surface area contributed by atoms with Crippen molar-refractivity contribution in [2.75, 3.05) is 11.9 Å². The molecule has 1 aromatic carbocycles. The number of carbonyl (C=O) groups is 1. The van der Waals surface area contributed by atoms with Gasteiger partial charge in [0.05, 0.1) is 6.54 Å². The third-order valence-corrected chi connectivity index (χ3v) is 4.11. The van der Waals surface area contributed by atoms with Gasteiger partial charge in [0.15, 0.2) is 5.11 Å². The van der Waals surface area contributed by atoms with E-state index >= 15 is 0 Å². The molecule has 5 heteroatoms. The van der Waals surface area contributed by atoms with Crippen molar-refractivity contribution in [3.63, 3.8) is 0 Å². The molecule has 0 bridgehead atoms. The van der Waals surface area contributed by atoms with Crippen molar-refractivity contribution in [3.8, 4) is 0 Å². The Morgan fingerprint density at radius 1 is 1.48 bits per heavy atom. The zero-order valence-electron chi connectivity index (χ0n) is 13.1. The van der Waals surface area contributed by atoms with Gasteiger partial charge in [0.2, 0.25) is 5.91 Å². The lowest BCUT2D eigenvalue weighted by molar-refractivity contribution is -0.117. The average molecular weight is 305 g/mol. The van der Waals surface area contributed by atoms with Gasteiger partial charge in [0, 0.05) is 17.3 Å². The van der Waals surface area contributed by atoms with E-state index in [0.29, 0.717) is 5.11 Å². The normalized spacial score (nSPS) is 20.9. The standard InChI is InChI=1S/C16H23N3OS/c1-11-7-5-6-8-13(11)17-14(20)10-19-12(2)9-16(3,4)18-15(19)21/h5-8,12H,9-10H2,1-4H3,(H,17,20)(H,18,21)/t12-/m1/s1. The Balaban J connectivity index is 2.00. The van der Waals surface area contributed by atoms with Crippen LogP contribution in [0.25, 0.3) is 0 Å². The molecule has 0 saturated carbocycles. The summed E-state index contributed by atoms with van der Waals surface area (Å²) in [5.74, 6) is -0.0417. The lowest BCUT2D eigenvalue weighted by Crippen LogP contribution is -2.61. The Bertz CT molecular complexity index is 556. The summed E-state index contributed by atoms with van der Waals surface area (Å²) in [5.41, 5.74) is 1.89. The minimum atomic E-state index is -0.0417. The zero-order valence-corrected chi connectivity index (χ0v) is 13.9. The van der Waals surface area contributed by atoms with Gasteiger partial charge in [-0.1, -0.05) is 18.2 Å². The van der Waals surface area contributed by atoms with Gasteiger partial charge >= 0.3 is 0 Å². The summed E-state index contributed by atoms with van der Waals surface area (Å²) in [4.78, 5) is 14.2. The second-order valence-corrected chi connectivity index (χ2v) is 6.74. The molecular weight excluding hydrogens is 282 g/mol. The maximum Gasteiger partial charge on any atom is 0.243 e. The first kappa shape index (κ1) is 15.8. The molecule has 0 spiro atoms. The molecule has 0 aromatic heterocycles. The number of nitrogens with one attached hydrogen (secondary N) is 2. The van der Waals surface area contributed by atoms with Crippen LogP contribution in [-0.4, -0.2) is 34.0 Å². The number of benzene rings is 1. The van der Waals surface area contributed by atoms with E-state index in [9.17, 15) is 4.79 Å². The largest absolute Gasteiger partial charge is 0.358 e. The lowest BCUT2D eigenvalue weighted by Gasteiger charge is -2.44. The number of amides is 1. The van der Waals surface area contributed by atoms with Gasteiger partial charge in [-0.25, -0.2) is 0 Å². The molecule has 1 amide bonds. The molecule has 2 N–H and O–H groups in total. The molecule has 0 unspecified atom stereocenters. The van der Waals surface area contributed by atoms with Crippen molar-refractivity contribution in [1.29, 1.82) is 0 Å². The summed E-state index contributed by atoms with van der Waals surface area (Å²) in [6.07, 6.45) is 0.949. The van der Waals surface area contributed by atoms with E-state index in [1.165, 1.54) is 0 Å². The van der Waals surface area contributed by atoms with E-state index in [2.05, 4.69) is 31.4 Å². The fourth-order valence-electron chi connectivity index (χ4n) is 2.75. The van der Waals surface area contributed by atoms with Gasteiger partial charge in [0.1, 0.15) is 0 Å². The van der Waals surface area contributed by atoms with Gasteiger partial charge in [-0.15, -0.1) is 0 Å². The van der Waals surface area contributed by atoms with E-state index in [-0.39, 0.29) is 24.0 Å². The molecule has 1 fully saturated rings. The number of thiocarbonyl (C=S) groups is 1. The van der Waals surface area contributed by atoms with E-state index in [4.69, 9.17) is 12.2 Å². The van der Waals surface area contributed by atoms with Crippen LogP contribution in [0.15, 0.2) is 24.3 Å². The molecule has 1 aliphatic heterocycles. The van der Waals surface area contributed by atoms with Crippen LogP contribution in [0.4, 0.5) is 5.69 Å². The highest BCUT2D eigenvalue weighted by Gasteiger charge is 2.33. The number of anilines is 1. The molecular formula is C16H23N3OS. The van der Waals surface area contributed by atoms with Crippen LogP contribution in [0.1, 0.15) is 32.8 Å². The van der Waals surface area contributed by atoms with Crippen molar-refractivity contribution in [2.24, 2.45) is 0 Å². The monoisotopic (exact) mass is 305 g/mol. The summed E-state index contributed by atoms with van der Waals surface area (Å²) >= 11 is 5.40. The Morgan fingerprint density at radius 2 is 2.14 bits per heavy atom. The van der Waals surface area contributed by atoms with E-state index < -0.39 is 0 Å². The number of carbonyl (C=O) groups excluding carboxylic acids is 1. The quantitative estimate of drug-likeness (QED) is 0.843. The number of rotatable bonds is 3. The van der Waals surface area contributed by atoms with Crippen molar-refractivity contribution < 1.29 is 4.79 Å². The van der Waals surface area contributed by atoms with Crippen LogP contribution in [0.5, 0.6) is 0 Å². The predicted molar refractivity (Wildman–Crippen MR) is 90.4 cm³/mol. The summed E-state index contributed by atoms with van der Waals surface area (Å²) < 4.78 is 0. The molecule has 1 atom stereocenters. The third kappa shape index (κ3) is 3.94. The average Bonchev–Trinajstić information content (AvgIpc) is 2.35. The minimum absolute atomic E-state index is 0.0144. The van der Waals surface area contributed by atoms with Gasteiger partial charge < -0.3 is 15.5 Å². The summed E-state index contributed by atoms with van der Waals surface area (Å²) in [6.45, 7) is 8.61. The number of nitrogens with zero attached hydrogens (tertiary/aromatic N) is 1. The van der Waals surface area contributed by atoms with Crippen LogP contribution >= 0.6 is 12.2 Å². The SMILES string of the molecule is Cc1ccccc1NC(=O)CN1C(=S)NC(C)(C)C[C@H]1C. The molecule has 4 nitrogen and oxygen atoms in total. The first-order chi connectivity index (χ1) is 9.78. The Hall–Kier alpha value is -1.62. The molecule has 0 radical (unpaired) electrons. The maximum absolute atomic E-state index is 12.2. The van der Waals surface area contributed by atoms with E-state index in [1.807, 2.05) is 36.1 Å². The van der Waals surface area contributed by atoms with Gasteiger partial charge in [-0.2, -0.15) is 0 Å². The van der Waals surface area contributed by atoms with Gasteiger partial charge in [-0.05, 0) is 58.0 Å². The molecule has 0 aliphatic carbocycles. The summed E-state index contributed by atoms with van der Waals surface area (Å²) in [5, 5.41) is 6.90. The van der Waals surface area contributed by atoms with E-state index in [1.54, 1.807) is 0 Å². The van der Waals surface area contributed by atoms with Gasteiger partial charge in [-0.3, -0.25) is 4.79 Å². The summed E-state index contributed by atoms with van der Waals surface area (Å²) in [6, 6.07) is 8.01. The van der Waals surface area contributed by atoms with Crippen LogP contribution in [0.3, 0.4) is 0 Å². The van der Waals surface area contributed by atoms with Crippen molar-refractivity contribution >= 4 is 28.9 Å². The van der Waals surface area contributed by atoms with E-state index in [0.717, 1.165) is 17.7 Å². The molecule has 1 aliphatic rings. The van der Waals surface area contributed by atoms with Crippen LogP contribution in [0.2, 0.25) is 0 Å². The van der Waals surface area contributed by atoms with Crippen molar-refractivity contribution in [3.05, 3.63) is 29.8 Å². The first-order valence-corrected chi connectivity index (χ1v) is 7.63. The van der Waals surface area contributed by atoms with Crippen LogP contribution in [0, 0.1) is 6.92 Å². The predicted octanol–water partition coefficient (Wildman–Crippen LogP) is 2.68.